The van der Waals surface area contributed by atoms with E-state index < -0.39 is 7.22 Å². The maximum absolute atomic E-state index is 2.38. The summed E-state index contributed by atoms with van der Waals surface area (Å²) in [6.45, 7) is 11.6. The first kappa shape index (κ1) is 13.1. The van der Waals surface area contributed by atoms with Gasteiger partial charge in [0.1, 0.15) is 7.22 Å². The fourth-order valence-electron chi connectivity index (χ4n) is 0.873. The Morgan fingerprint density at radius 3 is 1.92 bits per heavy atom. The molecule has 0 N–H and O–H groups in total. The van der Waals surface area contributed by atoms with Crippen LogP contribution in [-0.2, 0) is 0 Å². The molecular formula is C10H23NSSi. The molecule has 0 rings (SSSR count). The van der Waals surface area contributed by atoms with Gasteiger partial charge in [-0.2, -0.15) is 0 Å². The normalized spacial score (nSPS) is 13.7. The summed E-state index contributed by atoms with van der Waals surface area (Å²) in [4.78, 5) is 2.23. The van der Waals surface area contributed by atoms with Crippen LogP contribution in [0.4, 0.5) is 0 Å². The second-order valence-electron chi connectivity index (χ2n) is 4.86. The molecule has 78 valence electrons. The molecule has 13 heavy (non-hydrogen) atoms. The highest BCUT2D eigenvalue weighted by Gasteiger charge is 2.17. The van der Waals surface area contributed by atoms with Crippen LogP contribution in [0.1, 0.15) is 13.8 Å². The van der Waals surface area contributed by atoms with Crippen molar-refractivity contribution in [3.8, 4) is 0 Å². The summed E-state index contributed by atoms with van der Waals surface area (Å²) in [5.41, 5.74) is 0. The van der Waals surface area contributed by atoms with E-state index in [9.17, 15) is 0 Å². The van der Waals surface area contributed by atoms with E-state index in [1.165, 1.54) is 5.03 Å². The molecule has 0 radical (unpaired) electrons. The number of rotatable bonds is 4. The number of hydrogen-bond donors (Lipinski definition) is 0. The van der Waals surface area contributed by atoms with Gasteiger partial charge in [-0.25, -0.2) is 0 Å². The van der Waals surface area contributed by atoms with Gasteiger partial charge in [0.15, 0.2) is 0 Å². The molecule has 0 amide bonds. The molecule has 0 aliphatic carbocycles. The highest BCUT2D eigenvalue weighted by molar-refractivity contribution is 8.31. The second-order valence-corrected chi connectivity index (χ2v) is 14.0. The zero-order valence-electron chi connectivity index (χ0n) is 10.0. The fraction of sp³-hybridized carbons (Fsp3) is 0.800. The van der Waals surface area contributed by atoms with Crippen molar-refractivity contribution in [3.05, 3.63) is 11.1 Å². The summed E-state index contributed by atoms with van der Waals surface area (Å²) in [5.74, 6) is 0.640. The van der Waals surface area contributed by atoms with Gasteiger partial charge in [0, 0.05) is 14.1 Å². The SMILES string of the molecule is CC(C)C=C(S[Si](C)(C)C)N(C)C. The molecule has 0 aromatic heterocycles. The van der Waals surface area contributed by atoms with Crippen molar-refractivity contribution in [2.75, 3.05) is 14.1 Å². The van der Waals surface area contributed by atoms with Gasteiger partial charge in [-0.15, -0.1) is 11.2 Å². The van der Waals surface area contributed by atoms with Gasteiger partial charge in [-0.3, -0.25) is 0 Å². The molecule has 0 aromatic rings. The van der Waals surface area contributed by atoms with Crippen LogP contribution in [0.2, 0.25) is 19.6 Å². The Kier molecular flexibility index (Phi) is 5.15. The molecule has 1 nitrogen and oxygen atoms in total. The maximum atomic E-state index is 2.38. The lowest BCUT2D eigenvalue weighted by Gasteiger charge is -2.24. The molecule has 0 bridgehead atoms. The van der Waals surface area contributed by atoms with E-state index in [2.05, 4.69) is 69.8 Å². The lowest BCUT2D eigenvalue weighted by Crippen LogP contribution is -2.20. The van der Waals surface area contributed by atoms with Crippen LogP contribution in [0, 0.1) is 5.92 Å². The van der Waals surface area contributed by atoms with Crippen LogP contribution in [0.25, 0.3) is 0 Å². The van der Waals surface area contributed by atoms with Gasteiger partial charge in [-0.05, 0) is 5.92 Å². The van der Waals surface area contributed by atoms with E-state index in [1.54, 1.807) is 0 Å². The summed E-state index contributed by atoms with van der Waals surface area (Å²) >= 11 is 2.06. The molecule has 3 heteroatoms. The molecule has 0 aliphatic rings. The Balaban J connectivity index is 4.46. The minimum Gasteiger partial charge on any atom is -0.373 e. The van der Waals surface area contributed by atoms with Gasteiger partial charge >= 0.3 is 0 Å². The van der Waals surface area contributed by atoms with Gasteiger partial charge in [-0.1, -0.05) is 39.6 Å². The Morgan fingerprint density at radius 2 is 1.69 bits per heavy atom. The van der Waals surface area contributed by atoms with Crippen molar-refractivity contribution in [2.45, 2.75) is 33.5 Å². The number of hydrogen-bond acceptors (Lipinski definition) is 2. The third-order valence-electron chi connectivity index (χ3n) is 1.33. The van der Waals surface area contributed by atoms with Crippen LogP contribution in [0.3, 0.4) is 0 Å². The molecule has 0 aromatic carbocycles. The lowest BCUT2D eigenvalue weighted by molar-refractivity contribution is 0.543. The number of allylic oxidation sites excluding steroid dienone is 1. The molecule has 0 aliphatic heterocycles. The summed E-state index contributed by atoms with van der Waals surface area (Å²) in [6, 6.07) is 0. The minimum atomic E-state index is -1.04. The van der Waals surface area contributed by atoms with E-state index in [1.807, 2.05) is 0 Å². The second kappa shape index (κ2) is 5.10. The van der Waals surface area contributed by atoms with Crippen LogP contribution < -0.4 is 0 Å². The highest BCUT2D eigenvalue weighted by Crippen LogP contribution is 2.29. The van der Waals surface area contributed by atoms with Crippen molar-refractivity contribution >= 4 is 18.4 Å². The minimum absolute atomic E-state index is 0.640. The first-order valence-electron chi connectivity index (χ1n) is 4.80. The van der Waals surface area contributed by atoms with Crippen LogP contribution in [0.15, 0.2) is 11.1 Å². The quantitative estimate of drug-likeness (QED) is 0.662. The van der Waals surface area contributed by atoms with Crippen molar-refractivity contribution in [1.82, 2.24) is 4.90 Å². The number of nitrogens with zero attached hydrogens (tertiary/aromatic N) is 1. The third kappa shape index (κ3) is 7.20. The maximum Gasteiger partial charge on any atom is 0.116 e. The molecule has 0 atom stereocenters. The zero-order chi connectivity index (χ0) is 10.6. The Morgan fingerprint density at radius 1 is 1.23 bits per heavy atom. The summed E-state index contributed by atoms with van der Waals surface area (Å²) < 4.78 is 0. The first-order valence-corrected chi connectivity index (χ1v) is 9.84. The van der Waals surface area contributed by atoms with E-state index in [4.69, 9.17) is 0 Å². The van der Waals surface area contributed by atoms with E-state index >= 15 is 0 Å². The van der Waals surface area contributed by atoms with E-state index in [-0.39, 0.29) is 0 Å². The van der Waals surface area contributed by atoms with E-state index in [0.29, 0.717) is 5.92 Å². The van der Waals surface area contributed by atoms with E-state index in [0.717, 1.165) is 0 Å². The molecular weight excluding hydrogens is 194 g/mol. The highest BCUT2D eigenvalue weighted by atomic mass is 32.4. The standard InChI is InChI=1S/C10H23NSSi/c1-9(2)8-10(11(3)4)12-13(5,6)7/h8-9H,1-7H3. The lowest BCUT2D eigenvalue weighted by atomic mass is 10.2. The van der Waals surface area contributed by atoms with Crippen molar-refractivity contribution in [3.63, 3.8) is 0 Å². The average molecular weight is 217 g/mol. The van der Waals surface area contributed by atoms with Gasteiger partial charge in [0.25, 0.3) is 0 Å². The first-order chi connectivity index (χ1) is 5.72. The predicted octanol–water partition coefficient (Wildman–Crippen LogP) is 3.61. The van der Waals surface area contributed by atoms with Gasteiger partial charge in [0.2, 0.25) is 0 Å². The van der Waals surface area contributed by atoms with Gasteiger partial charge < -0.3 is 4.90 Å². The van der Waals surface area contributed by atoms with Gasteiger partial charge in [0.05, 0.1) is 5.03 Å². The molecule has 0 fully saturated rings. The topological polar surface area (TPSA) is 3.24 Å². The monoisotopic (exact) mass is 217 g/mol. The summed E-state index contributed by atoms with van der Waals surface area (Å²) in [6.07, 6.45) is 2.35. The Hall–Kier alpha value is 0.107. The van der Waals surface area contributed by atoms with Crippen molar-refractivity contribution in [1.29, 1.82) is 0 Å². The Bertz CT molecular complexity index is 180. The van der Waals surface area contributed by atoms with Crippen molar-refractivity contribution in [2.24, 2.45) is 5.92 Å². The molecule has 0 saturated carbocycles. The fourth-order valence-corrected chi connectivity index (χ4v) is 4.66. The van der Waals surface area contributed by atoms with Crippen LogP contribution >= 0.6 is 11.2 Å². The summed E-state index contributed by atoms with van der Waals surface area (Å²) in [7, 11) is 3.21. The predicted molar refractivity (Wildman–Crippen MR) is 67.5 cm³/mol. The molecule has 0 unspecified atom stereocenters. The van der Waals surface area contributed by atoms with Crippen LogP contribution in [0.5, 0.6) is 0 Å². The smallest absolute Gasteiger partial charge is 0.116 e. The zero-order valence-corrected chi connectivity index (χ0v) is 11.8. The molecule has 0 heterocycles. The average Bonchev–Trinajstić information content (AvgIpc) is 1.81. The van der Waals surface area contributed by atoms with Crippen molar-refractivity contribution < 1.29 is 0 Å². The van der Waals surface area contributed by atoms with Crippen LogP contribution in [-0.4, -0.2) is 26.2 Å². The molecule has 0 saturated heterocycles. The summed E-state index contributed by atoms with van der Waals surface area (Å²) in [5, 5.41) is 1.43. The Labute approximate surface area is 88.2 Å². The largest absolute Gasteiger partial charge is 0.373 e. The third-order valence-corrected chi connectivity index (χ3v) is 5.11. The molecule has 0 spiro atoms.